The van der Waals surface area contributed by atoms with Crippen LogP contribution in [-0.2, 0) is 11.3 Å². The number of carbonyl (C=O) groups excluding carboxylic acids is 2. The molecule has 0 atom stereocenters. The Balaban J connectivity index is 1.54. The first-order valence-electron chi connectivity index (χ1n) is 13.1. The molecule has 0 fully saturated rings. The molecule has 9 nitrogen and oxygen atoms in total. The first-order valence-corrected chi connectivity index (χ1v) is 13.1. The Morgan fingerprint density at radius 3 is 2.23 bits per heavy atom. The van der Waals surface area contributed by atoms with Crippen LogP contribution < -0.4 is 9.64 Å². The summed E-state index contributed by atoms with van der Waals surface area (Å²) < 4.78 is 10.6. The molecule has 0 heterocycles. The van der Waals surface area contributed by atoms with Gasteiger partial charge in [0, 0.05) is 31.4 Å². The minimum atomic E-state index is -0.832. The highest BCUT2D eigenvalue weighted by Crippen LogP contribution is 2.25. The zero-order valence-corrected chi connectivity index (χ0v) is 22.3. The molecule has 0 amide bonds. The van der Waals surface area contributed by atoms with Crippen molar-refractivity contribution in [2.75, 3.05) is 18.5 Å². The lowest BCUT2D eigenvalue weighted by Gasteiger charge is -2.19. The van der Waals surface area contributed by atoms with E-state index in [-0.39, 0.29) is 29.4 Å². The zero-order chi connectivity index (χ0) is 28.2. The van der Waals surface area contributed by atoms with Gasteiger partial charge in [-0.15, -0.1) is 0 Å². The van der Waals surface area contributed by atoms with Gasteiger partial charge in [-0.3, -0.25) is 10.1 Å². The fourth-order valence-electron chi connectivity index (χ4n) is 3.96. The smallest absolute Gasteiger partial charge is 0.343 e. The van der Waals surface area contributed by atoms with Crippen LogP contribution in [0.1, 0.15) is 71.7 Å². The highest BCUT2D eigenvalue weighted by atomic mass is 16.6. The maximum atomic E-state index is 12.7. The predicted octanol–water partition coefficient (Wildman–Crippen LogP) is 6.67. The second kappa shape index (κ2) is 14.5. The summed E-state index contributed by atoms with van der Waals surface area (Å²) >= 11 is 0. The van der Waals surface area contributed by atoms with E-state index in [1.165, 1.54) is 74.6 Å². The molecule has 0 radical (unpaired) electrons. The maximum Gasteiger partial charge on any atom is 0.343 e. The molecule has 0 aliphatic carbocycles. The summed E-state index contributed by atoms with van der Waals surface area (Å²) in [6.45, 7) is 2.99. The SMILES string of the molecule is CCCCCCCCN(C)c1ccc(C(=O)Oc2ccc(O)c(C(=O)OCc3ccc([N+](=O)[O-])cc3)c2)cc1. The number of nitro benzene ring substituents is 1. The summed E-state index contributed by atoms with van der Waals surface area (Å²) in [6, 6.07) is 16.5. The van der Waals surface area contributed by atoms with Gasteiger partial charge in [0.2, 0.25) is 0 Å². The molecule has 0 aliphatic rings. The molecule has 0 unspecified atom stereocenters. The van der Waals surface area contributed by atoms with Crippen LogP contribution >= 0.6 is 0 Å². The number of benzene rings is 3. The molecule has 9 heteroatoms. The second-order valence-corrected chi connectivity index (χ2v) is 9.30. The lowest BCUT2D eigenvalue weighted by molar-refractivity contribution is -0.384. The van der Waals surface area contributed by atoms with Crippen LogP contribution in [0.2, 0.25) is 0 Å². The van der Waals surface area contributed by atoms with Crippen molar-refractivity contribution >= 4 is 23.3 Å². The first kappa shape index (κ1) is 29.2. The van der Waals surface area contributed by atoms with Crippen molar-refractivity contribution in [3.8, 4) is 11.5 Å². The average molecular weight is 535 g/mol. The highest BCUT2D eigenvalue weighted by molar-refractivity contribution is 5.94. The van der Waals surface area contributed by atoms with Crippen LogP contribution in [0, 0.1) is 10.1 Å². The number of unbranched alkanes of at least 4 members (excludes halogenated alkanes) is 5. The topological polar surface area (TPSA) is 119 Å². The molecule has 0 aromatic heterocycles. The number of anilines is 1. The Hall–Kier alpha value is -4.40. The average Bonchev–Trinajstić information content (AvgIpc) is 2.94. The maximum absolute atomic E-state index is 12.7. The summed E-state index contributed by atoms with van der Waals surface area (Å²) in [7, 11) is 2.03. The van der Waals surface area contributed by atoms with Crippen LogP contribution in [0.25, 0.3) is 0 Å². The van der Waals surface area contributed by atoms with Gasteiger partial charge in [-0.2, -0.15) is 0 Å². The number of carbonyl (C=O) groups is 2. The summed E-state index contributed by atoms with van der Waals surface area (Å²) in [5, 5.41) is 20.9. The van der Waals surface area contributed by atoms with Crippen LogP contribution in [0.3, 0.4) is 0 Å². The van der Waals surface area contributed by atoms with Gasteiger partial charge in [0.05, 0.1) is 10.5 Å². The molecule has 3 aromatic rings. The Morgan fingerprint density at radius 1 is 0.897 bits per heavy atom. The number of phenolic OH excluding ortho intramolecular Hbond substituents is 1. The minimum Gasteiger partial charge on any atom is -0.507 e. The molecular formula is C30H34N2O7. The summed E-state index contributed by atoms with van der Waals surface area (Å²) in [4.78, 5) is 37.6. The number of hydrogen-bond acceptors (Lipinski definition) is 8. The molecule has 1 N–H and O–H groups in total. The van der Waals surface area contributed by atoms with Crippen LogP contribution in [-0.4, -0.2) is 35.6 Å². The van der Waals surface area contributed by atoms with E-state index in [1.807, 2.05) is 19.2 Å². The van der Waals surface area contributed by atoms with Gasteiger partial charge in [-0.25, -0.2) is 9.59 Å². The lowest BCUT2D eigenvalue weighted by atomic mass is 10.1. The second-order valence-electron chi connectivity index (χ2n) is 9.30. The molecule has 3 rings (SSSR count). The third kappa shape index (κ3) is 8.84. The van der Waals surface area contributed by atoms with Gasteiger partial charge < -0.3 is 19.5 Å². The standard InChI is InChI=1S/C30H34N2O7/c1-3-4-5-6-7-8-19-31(2)24-15-11-23(12-16-24)29(34)39-26-17-18-28(33)27(20-26)30(35)38-21-22-9-13-25(14-10-22)32(36)37/h9-18,20,33H,3-8,19,21H2,1-2H3. The molecule has 206 valence electrons. The van der Waals surface area contributed by atoms with E-state index in [0.29, 0.717) is 11.1 Å². The van der Waals surface area contributed by atoms with Crippen molar-refractivity contribution in [1.82, 2.24) is 0 Å². The Labute approximate surface area is 228 Å². The third-order valence-corrected chi connectivity index (χ3v) is 6.31. The normalized spacial score (nSPS) is 10.6. The number of rotatable bonds is 14. The van der Waals surface area contributed by atoms with Gasteiger partial charge in [0.1, 0.15) is 23.7 Å². The van der Waals surface area contributed by atoms with Crippen molar-refractivity contribution in [3.05, 3.63) is 93.5 Å². The number of nitro groups is 1. The monoisotopic (exact) mass is 534 g/mol. The number of aromatic hydroxyl groups is 1. The minimum absolute atomic E-state index is 0.0735. The predicted molar refractivity (Wildman–Crippen MR) is 148 cm³/mol. The molecule has 0 bridgehead atoms. The third-order valence-electron chi connectivity index (χ3n) is 6.31. The fourth-order valence-corrected chi connectivity index (χ4v) is 3.96. The van der Waals surface area contributed by atoms with Gasteiger partial charge in [-0.1, -0.05) is 39.0 Å². The fraction of sp³-hybridized carbons (Fsp3) is 0.333. The molecule has 0 saturated carbocycles. The largest absolute Gasteiger partial charge is 0.507 e. The molecule has 0 aliphatic heterocycles. The van der Waals surface area contributed by atoms with E-state index in [0.717, 1.165) is 18.7 Å². The molecule has 39 heavy (non-hydrogen) atoms. The van der Waals surface area contributed by atoms with Gasteiger partial charge >= 0.3 is 11.9 Å². The van der Waals surface area contributed by atoms with Gasteiger partial charge in [-0.05, 0) is 66.6 Å². The number of phenols is 1. The van der Waals surface area contributed by atoms with E-state index in [9.17, 15) is 24.8 Å². The molecule has 0 saturated heterocycles. The molecule has 0 spiro atoms. The molecule has 3 aromatic carbocycles. The van der Waals surface area contributed by atoms with Crippen molar-refractivity contribution in [1.29, 1.82) is 0 Å². The van der Waals surface area contributed by atoms with Crippen LogP contribution in [0.4, 0.5) is 11.4 Å². The molecular weight excluding hydrogens is 500 g/mol. The number of esters is 2. The quantitative estimate of drug-likeness (QED) is 0.0800. The van der Waals surface area contributed by atoms with Crippen molar-refractivity contribution in [2.45, 2.75) is 52.1 Å². The number of non-ortho nitro benzene ring substituents is 1. The van der Waals surface area contributed by atoms with E-state index < -0.39 is 16.9 Å². The summed E-state index contributed by atoms with van der Waals surface area (Å²) in [5.74, 6) is -1.69. The Morgan fingerprint density at radius 2 is 1.56 bits per heavy atom. The number of hydrogen-bond donors (Lipinski definition) is 1. The van der Waals surface area contributed by atoms with Crippen molar-refractivity contribution in [3.63, 3.8) is 0 Å². The number of nitrogens with zero attached hydrogens (tertiary/aromatic N) is 2. The van der Waals surface area contributed by atoms with E-state index in [1.54, 1.807) is 12.1 Å². The summed E-state index contributed by atoms with van der Waals surface area (Å²) in [5.41, 5.74) is 1.64. The van der Waals surface area contributed by atoms with Crippen LogP contribution in [0.15, 0.2) is 66.7 Å². The Kier molecular flexibility index (Phi) is 10.9. The van der Waals surface area contributed by atoms with Crippen LogP contribution in [0.5, 0.6) is 11.5 Å². The van der Waals surface area contributed by atoms with Gasteiger partial charge in [0.25, 0.3) is 5.69 Å². The zero-order valence-electron chi connectivity index (χ0n) is 22.3. The lowest BCUT2D eigenvalue weighted by Crippen LogP contribution is -2.18. The summed E-state index contributed by atoms with van der Waals surface area (Å²) in [6.07, 6.45) is 7.37. The van der Waals surface area contributed by atoms with E-state index in [4.69, 9.17) is 9.47 Å². The number of ether oxygens (including phenoxy) is 2. The van der Waals surface area contributed by atoms with E-state index in [2.05, 4.69) is 11.8 Å². The first-order chi connectivity index (χ1) is 18.8. The Bertz CT molecular complexity index is 1260. The van der Waals surface area contributed by atoms with Gasteiger partial charge in [0.15, 0.2) is 0 Å². The van der Waals surface area contributed by atoms with Crippen molar-refractivity contribution in [2.24, 2.45) is 0 Å². The van der Waals surface area contributed by atoms with E-state index >= 15 is 0 Å². The van der Waals surface area contributed by atoms with Crippen molar-refractivity contribution < 1.29 is 29.1 Å². The highest BCUT2D eigenvalue weighted by Gasteiger charge is 2.17.